The van der Waals surface area contributed by atoms with Gasteiger partial charge in [0.05, 0.1) is 12.2 Å². The molecule has 1 aliphatic heterocycles. The second-order valence-electron chi connectivity index (χ2n) is 4.31. The summed E-state index contributed by atoms with van der Waals surface area (Å²) < 4.78 is 5.84. The predicted molar refractivity (Wildman–Crippen MR) is 48.8 cm³/mol. The molecule has 2 rings (SSSR count). The molecule has 0 aromatic heterocycles. The molecule has 0 radical (unpaired) electrons. The Morgan fingerprint density at radius 2 is 2.25 bits per heavy atom. The number of hydrogen-bond donors (Lipinski definition) is 1. The third-order valence-corrected chi connectivity index (χ3v) is 3.46. The lowest BCUT2D eigenvalue weighted by atomic mass is 9.76. The van der Waals surface area contributed by atoms with Crippen LogP contribution in [-0.4, -0.2) is 18.8 Å². The third-order valence-electron chi connectivity index (χ3n) is 3.46. The van der Waals surface area contributed by atoms with Gasteiger partial charge in [0.2, 0.25) is 0 Å². The van der Waals surface area contributed by atoms with Crippen molar-refractivity contribution in [3.8, 4) is 0 Å². The lowest BCUT2D eigenvalue weighted by Gasteiger charge is -2.31. The summed E-state index contributed by atoms with van der Waals surface area (Å²) >= 11 is 0. The smallest absolute Gasteiger partial charge is 0.0611 e. The normalized spacial score (nSPS) is 47.5. The molecule has 0 amide bonds. The zero-order valence-corrected chi connectivity index (χ0v) is 7.83. The second-order valence-corrected chi connectivity index (χ2v) is 4.31. The van der Waals surface area contributed by atoms with Crippen molar-refractivity contribution < 1.29 is 4.74 Å². The van der Waals surface area contributed by atoms with E-state index in [1.165, 1.54) is 25.7 Å². The number of hydrogen-bond acceptors (Lipinski definition) is 2. The van der Waals surface area contributed by atoms with Gasteiger partial charge < -0.3 is 10.5 Å². The summed E-state index contributed by atoms with van der Waals surface area (Å²) in [5.74, 6) is 1.52. The van der Waals surface area contributed by atoms with E-state index in [4.69, 9.17) is 10.5 Å². The number of ether oxygens (including phenoxy) is 1. The molecule has 2 heteroatoms. The van der Waals surface area contributed by atoms with Gasteiger partial charge in [0.1, 0.15) is 0 Å². The van der Waals surface area contributed by atoms with Gasteiger partial charge in [-0.05, 0) is 44.6 Å². The van der Waals surface area contributed by atoms with Crippen LogP contribution in [0.5, 0.6) is 0 Å². The molecule has 70 valence electrons. The summed E-state index contributed by atoms with van der Waals surface area (Å²) in [5.41, 5.74) is 5.75. The average Bonchev–Trinajstić information content (AvgIpc) is 2.44. The molecular weight excluding hydrogens is 150 g/mol. The molecule has 2 nitrogen and oxygen atoms in total. The molecule has 4 atom stereocenters. The van der Waals surface area contributed by atoms with Crippen LogP contribution >= 0.6 is 0 Å². The van der Waals surface area contributed by atoms with Crippen LogP contribution in [0.3, 0.4) is 0 Å². The lowest BCUT2D eigenvalue weighted by molar-refractivity contribution is 0.0143. The Balaban J connectivity index is 2.02. The van der Waals surface area contributed by atoms with E-state index in [-0.39, 0.29) is 0 Å². The fourth-order valence-corrected chi connectivity index (χ4v) is 2.86. The largest absolute Gasteiger partial charge is 0.375 e. The SMILES string of the molecule is C[C@H]1C[C@H]2[C@@H](CN)CCC[C@H]2O1. The van der Waals surface area contributed by atoms with Crippen molar-refractivity contribution in [2.75, 3.05) is 6.54 Å². The first-order valence-corrected chi connectivity index (χ1v) is 5.16. The Hall–Kier alpha value is -0.0800. The molecule has 1 aliphatic carbocycles. The minimum absolute atomic E-state index is 0.479. The Labute approximate surface area is 74.5 Å². The van der Waals surface area contributed by atoms with E-state index in [0.717, 1.165) is 18.4 Å². The van der Waals surface area contributed by atoms with Crippen LogP contribution in [0.4, 0.5) is 0 Å². The summed E-state index contributed by atoms with van der Waals surface area (Å²) in [6, 6.07) is 0. The quantitative estimate of drug-likeness (QED) is 0.646. The molecule has 0 aromatic rings. The first-order chi connectivity index (χ1) is 5.81. The van der Waals surface area contributed by atoms with E-state index in [1.54, 1.807) is 0 Å². The first-order valence-electron chi connectivity index (χ1n) is 5.16. The molecule has 2 fully saturated rings. The van der Waals surface area contributed by atoms with Crippen molar-refractivity contribution in [1.29, 1.82) is 0 Å². The monoisotopic (exact) mass is 169 g/mol. The molecule has 12 heavy (non-hydrogen) atoms. The van der Waals surface area contributed by atoms with Gasteiger partial charge in [-0.3, -0.25) is 0 Å². The molecule has 0 bridgehead atoms. The van der Waals surface area contributed by atoms with Crippen molar-refractivity contribution in [1.82, 2.24) is 0 Å². The van der Waals surface area contributed by atoms with Gasteiger partial charge in [0.15, 0.2) is 0 Å². The molecular formula is C10H19NO. The highest BCUT2D eigenvalue weighted by Gasteiger charge is 2.39. The van der Waals surface area contributed by atoms with E-state index >= 15 is 0 Å². The van der Waals surface area contributed by atoms with Gasteiger partial charge in [0, 0.05) is 0 Å². The standard InChI is InChI=1S/C10H19NO/c1-7-5-9-8(6-11)3-2-4-10(9)12-7/h7-10H,2-6,11H2,1H3/t7-,8+,9-,10+/m0/s1. The third kappa shape index (κ3) is 1.38. The molecule has 0 aromatic carbocycles. The lowest BCUT2D eigenvalue weighted by Crippen LogP contribution is -2.33. The predicted octanol–water partition coefficient (Wildman–Crippen LogP) is 1.54. The fraction of sp³-hybridized carbons (Fsp3) is 1.00. The van der Waals surface area contributed by atoms with Gasteiger partial charge in [0.25, 0.3) is 0 Å². The average molecular weight is 169 g/mol. The van der Waals surface area contributed by atoms with Crippen molar-refractivity contribution in [2.45, 2.75) is 44.8 Å². The topological polar surface area (TPSA) is 35.2 Å². The van der Waals surface area contributed by atoms with Gasteiger partial charge in [-0.2, -0.15) is 0 Å². The maximum absolute atomic E-state index is 5.84. The summed E-state index contributed by atoms with van der Waals surface area (Å²) in [6.45, 7) is 3.04. The highest BCUT2D eigenvalue weighted by molar-refractivity contribution is 4.89. The molecule has 1 heterocycles. The van der Waals surface area contributed by atoms with Crippen molar-refractivity contribution in [3.63, 3.8) is 0 Å². The Bertz CT molecular complexity index is 154. The van der Waals surface area contributed by atoms with Crippen LogP contribution < -0.4 is 5.73 Å². The van der Waals surface area contributed by atoms with Crippen LogP contribution in [0.15, 0.2) is 0 Å². The molecule has 0 spiro atoms. The van der Waals surface area contributed by atoms with E-state index in [0.29, 0.717) is 12.2 Å². The Morgan fingerprint density at radius 3 is 3.00 bits per heavy atom. The zero-order valence-electron chi connectivity index (χ0n) is 7.83. The van der Waals surface area contributed by atoms with E-state index in [2.05, 4.69) is 6.92 Å². The first kappa shape index (κ1) is 8.52. The second kappa shape index (κ2) is 3.35. The molecule has 1 saturated heterocycles. The van der Waals surface area contributed by atoms with Crippen LogP contribution in [0, 0.1) is 11.8 Å². The summed E-state index contributed by atoms with van der Waals surface area (Å²) in [4.78, 5) is 0. The highest BCUT2D eigenvalue weighted by atomic mass is 16.5. The Morgan fingerprint density at radius 1 is 1.42 bits per heavy atom. The van der Waals surface area contributed by atoms with E-state index in [9.17, 15) is 0 Å². The van der Waals surface area contributed by atoms with Crippen molar-refractivity contribution in [3.05, 3.63) is 0 Å². The number of nitrogens with two attached hydrogens (primary N) is 1. The maximum atomic E-state index is 5.84. The molecule has 2 N–H and O–H groups in total. The maximum Gasteiger partial charge on any atom is 0.0611 e. The van der Waals surface area contributed by atoms with Crippen molar-refractivity contribution in [2.24, 2.45) is 17.6 Å². The van der Waals surface area contributed by atoms with Gasteiger partial charge in [-0.25, -0.2) is 0 Å². The summed E-state index contributed by atoms with van der Waals surface area (Å²) in [5, 5.41) is 0. The van der Waals surface area contributed by atoms with E-state index in [1.807, 2.05) is 0 Å². The summed E-state index contributed by atoms with van der Waals surface area (Å²) in [7, 11) is 0. The molecule has 2 aliphatic rings. The number of rotatable bonds is 1. The Kier molecular flexibility index (Phi) is 2.37. The fourth-order valence-electron chi connectivity index (χ4n) is 2.86. The highest BCUT2D eigenvalue weighted by Crippen LogP contribution is 2.40. The van der Waals surface area contributed by atoms with Gasteiger partial charge in [-0.15, -0.1) is 0 Å². The van der Waals surface area contributed by atoms with Crippen LogP contribution in [0.2, 0.25) is 0 Å². The van der Waals surface area contributed by atoms with Crippen LogP contribution in [0.1, 0.15) is 32.6 Å². The van der Waals surface area contributed by atoms with Crippen molar-refractivity contribution >= 4 is 0 Å². The molecule has 0 unspecified atom stereocenters. The zero-order chi connectivity index (χ0) is 8.55. The number of fused-ring (bicyclic) bond motifs is 1. The van der Waals surface area contributed by atoms with E-state index < -0.39 is 0 Å². The van der Waals surface area contributed by atoms with Gasteiger partial charge in [-0.1, -0.05) is 6.42 Å². The minimum atomic E-state index is 0.479. The summed E-state index contributed by atoms with van der Waals surface area (Å²) in [6.07, 6.45) is 6.18. The molecule has 1 saturated carbocycles. The van der Waals surface area contributed by atoms with Crippen LogP contribution in [-0.2, 0) is 4.74 Å². The van der Waals surface area contributed by atoms with Crippen LogP contribution in [0.25, 0.3) is 0 Å². The van der Waals surface area contributed by atoms with Gasteiger partial charge >= 0.3 is 0 Å². The minimum Gasteiger partial charge on any atom is -0.375 e.